The Bertz CT molecular complexity index is 5440. The number of carbonyl (C=O) groups is 4. The summed E-state index contributed by atoms with van der Waals surface area (Å²) in [6, 6.07) is 29.3. The van der Waals surface area contributed by atoms with Gasteiger partial charge in [0.2, 0.25) is 0 Å². The molecule has 4 aromatic heterocycles. The Morgan fingerprint density at radius 3 is 1.24 bits per heavy atom. The predicted molar refractivity (Wildman–Crippen MR) is 416 cm³/mol. The van der Waals surface area contributed by atoms with Crippen LogP contribution >= 0.6 is 57.7 Å². The average Bonchev–Trinajstić information content (AvgIpc) is 1.77. The number of methoxy groups -OCH3 is 3. The standard InChI is InChI=1S/C21H17ClFN3O3S.C20H16ClFN4O.C19H16ClFN6O2.C18H15ClFN3O2/c1-10-17(21(27)29-3)18(13-6-4-11(23)8-14(13)22)26-19(24-10)20-25-15-7-5-12(28-2)9-16(15)30-20;1-3-8-24-20(27)17-12(2)25-19(13-6-9-23-10-7-13)26-18(17)15-5-4-14(22)11-16(15)21;1-11-16(19(28)29-9-8-24-27-22)17(14-3-2-13(21)10-15(14)20)26-18(25-11)12-4-6-23-7-5-12;1-10-15(18(24)25-2)16(13-4-3-12(20)9-14(13)19)23-17(22-10)11-5-7-21-8-6-11/h4-9,18H,1-3H3,(H,24,26);1,4-7,9-11,18H,8H2,2H3,(H,24,27)(H,25,26);2-7,10,17H,8-9H2,1H3,(H,25,26);3-9,16H,1-2H3,(H,22,23). The minimum absolute atomic E-state index is 0.00943. The van der Waals surface area contributed by atoms with Crippen LogP contribution in [0.15, 0.2) is 235 Å². The fourth-order valence-corrected chi connectivity index (χ4v) is 13.6. The number of amidine groups is 4. The topological polar surface area (TPSA) is 315 Å². The molecule has 0 fully saturated rings. The lowest BCUT2D eigenvalue weighted by atomic mass is 9.94. The van der Waals surface area contributed by atoms with Crippen molar-refractivity contribution < 1.29 is 55.7 Å². The molecule has 5 N–H and O–H groups in total. The molecular weight excluding hydrogens is 1540 g/mol. The molecular formula is C78H64Cl4F4N16O8S. The summed E-state index contributed by atoms with van der Waals surface area (Å²) in [4.78, 5) is 88.0. The van der Waals surface area contributed by atoms with Gasteiger partial charge in [-0.15, -0.1) is 17.8 Å². The number of nitrogens with zero attached hydrogens (tertiary/aromatic N) is 11. The molecule has 4 aliphatic heterocycles. The summed E-state index contributed by atoms with van der Waals surface area (Å²) >= 11 is 26.4. The van der Waals surface area contributed by atoms with E-state index in [-0.39, 0.29) is 51.3 Å². The summed E-state index contributed by atoms with van der Waals surface area (Å²) < 4.78 is 75.3. The summed E-state index contributed by atoms with van der Waals surface area (Å²) in [6.07, 6.45) is 15.1. The van der Waals surface area contributed by atoms with Crippen LogP contribution in [0.1, 0.15) is 95.8 Å². The normalized spacial score (nSPS) is 16.3. The summed E-state index contributed by atoms with van der Waals surface area (Å²) in [5.41, 5.74) is 17.0. The Hall–Kier alpha value is -12.3. The fourth-order valence-electron chi connectivity index (χ4n) is 11.5. The summed E-state index contributed by atoms with van der Waals surface area (Å²) in [5.74, 6) is 1.30. The van der Waals surface area contributed by atoms with Gasteiger partial charge in [-0.1, -0.05) is 81.7 Å². The number of ether oxygens (including phenoxy) is 4. The Morgan fingerprint density at radius 2 is 0.883 bits per heavy atom. The van der Waals surface area contributed by atoms with Gasteiger partial charge in [0.15, 0.2) is 10.8 Å². The van der Waals surface area contributed by atoms with Crippen molar-refractivity contribution in [2.45, 2.75) is 51.9 Å². The van der Waals surface area contributed by atoms with Crippen molar-refractivity contribution in [1.29, 1.82) is 0 Å². The molecule has 0 bridgehead atoms. The SMILES string of the molecule is C#CCNC(=O)C1=C(C)NC(c2ccncc2)=NC1c1ccc(F)cc1Cl.CC1=C(C(=O)OCCN=[N+]=[N-])C(c2ccc(F)cc2Cl)N=C(c2ccncc2)N1.COC(=O)C1=C(C)NC(c2ccncc2)=NC1c1ccc(F)cc1Cl.COC(=O)C1=C(C)NC(c2nc3ccc(OC)cc3s2)=NC1c1ccc(F)cc1Cl. The van der Waals surface area contributed by atoms with Gasteiger partial charge in [0.05, 0.1) is 73.5 Å². The van der Waals surface area contributed by atoms with Crippen LogP contribution in [0.2, 0.25) is 20.1 Å². The van der Waals surface area contributed by atoms with Crippen LogP contribution in [0.4, 0.5) is 17.6 Å². The molecule has 0 saturated carbocycles. The van der Waals surface area contributed by atoms with Crippen molar-refractivity contribution in [1.82, 2.24) is 46.5 Å². The van der Waals surface area contributed by atoms with Crippen LogP contribution in [0.5, 0.6) is 5.75 Å². The number of nitrogens with one attached hydrogen (secondary N) is 5. The smallest absolute Gasteiger partial charge is 0.338 e. The molecule has 4 unspecified atom stereocenters. The molecule has 0 aliphatic carbocycles. The van der Waals surface area contributed by atoms with Crippen molar-refractivity contribution in [2.75, 3.05) is 41.0 Å². The lowest BCUT2D eigenvalue weighted by Crippen LogP contribution is -2.36. The number of aliphatic imine (C=N–C) groups is 4. The quantitative estimate of drug-likeness (QED) is 0.00827. The van der Waals surface area contributed by atoms with E-state index in [1.54, 1.807) is 108 Å². The molecule has 8 heterocycles. The first-order valence-corrected chi connectivity index (χ1v) is 35.5. The largest absolute Gasteiger partial charge is 0.497 e. The number of terminal acetylenes is 1. The zero-order valence-electron chi connectivity index (χ0n) is 59.7. The molecule has 1 amide bonds. The molecule has 4 aliphatic rings. The number of amides is 1. The van der Waals surface area contributed by atoms with Crippen molar-refractivity contribution in [3.8, 4) is 18.1 Å². The molecule has 13 rings (SSSR count). The second kappa shape index (κ2) is 37.7. The maximum absolute atomic E-state index is 13.6. The minimum atomic E-state index is -0.806. The van der Waals surface area contributed by atoms with E-state index < -0.39 is 65.3 Å². The highest BCUT2D eigenvalue weighted by Gasteiger charge is 2.37. The third-order valence-electron chi connectivity index (χ3n) is 16.8. The van der Waals surface area contributed by atoms with Gasteiger partial charge >= 0.3 is 17.9 Å². The minimum Gasteiger partial charge on any atom is -0.497 e. The molecule has 24 nitrogen and oxygen atoms in total. The zero-order chi connectivity index (χ0) is 79.6. The van der Waals surface area contributed by atoms with Gasteiger partial charge in [0.1, 0.15) is 70.7 Å². The second-order valence-electron chi connectivity index (χ2n) is 23.9. The molecule has 0 radical (unpaired) electrons. The molecule has 0 spiro atoms. The summed E-state index contributed by atoms with van der Waals surface area (Å²) in [6.45, 7) is 7.00. The first kappa shape index (κ1) is 81.2. The van der Waals surface area contributed by atoms with E-state index >= 15 is 0 Å². The molecule has 33 heteroatoms. The van der Waals surface area contributed by atoms with Crippen LogP contribution in [0.25, 0.3) is 20.7 Å². The van der Waals surface area contributed by atoms with Gasteiger partial charge in [0.25, 0.3) is 5.91 Å². The number of fused-ring (bicyclic) bond motifs is 1. The van der Waals surface area contributed by atoms with Gasteiger partial charge in [0, 0.05) is 124 Å². The lowest BCUT2D eigenvalue weighted by molar-refractivity contribution is -0.139. The van der Waals surface area contributed by atoms with Gasteiger partial charge in [-0.2, -0.15) is 0 Å². The lowest BCUT2D eigenvalue weighted by Gasteiger charge is -2.27. The Labute approximate surface area is 656 Å². The van der Waals surface area contributed by atoms with Crippen molar-refractivity contribution in [3.63, 3.8) is 0 Å². The van der Waals surface area contributed by atoms with Crippen LogP contribution in [-0.2, 0) is 33.4 Å². The van der Waals surface area contributed by atoms with Crippen LogP contribution in [0, 0.1) is 35.6 Å². The number of aromatic nitrogens is 4. The van der Waals surface area contributed by atoms with E-state index in [4.69, 9.17) is 82.3 Å². The van der Waals surface area contributed by atoms with Crippen LogP contribution in [-0.4, -0.2) is 108 Å². The highest BCUT2D eigenvalue weighted by atomic mass is 35.5. The van der Waals surface area contributed by atoms with E-state index in [0.29, 0.717) is 90.1 Å². The maximum Gasteiger partial charge on any atom is 0.338 e. The van der Waals surface area contributed by atoms with Crippen molar-refractivity contribution in [2.24, 2.45) is 25.1 Å². The van der Waals surface area contributed by atoms with Crippen LogP contribution < -0.4 is 31.3 Å². The number of carbonyl (C=O) groups excluding carboxylic acids is 4. The predicted octanol–water partition coefficient (Wildman–Crippen LogP) is 15.1. The first-order chi connectivity index (χ1) is 53.4. The summed E-state index contributed by atoms with van der Waals surface area (Å²) in [7, 11) is 4.20. The number of rotatable bonds is 17. The Balaban J connectivity index is 0.000000158. The van der Waals surface area contributed by atoms with Crippen LogP contribution in [0.3, 0.4) is 0 Å². The average molecular weight is 1600 g/mol. The molecule has 9 aromatic rings. The van der Waals surface area contributed by atoms with Gasteiger partial charge in [-0.25, -0.2) is 36.9 Å². The Morgan fingerprint density at radius 1 is 0.523 bits per heavy atom. The second-order valence-corrected chi connectivity index (χ2v) is 26.5. The number of thiazole rings is 1. The third kappa shape index (κ3) is 19.8. The number of esters is 3. The highest BCUT2D eigenvalue weighted by molar-refractivity contribution is 7.20. The molecule has 566 valence electrons. The molecule has 5 aromatic carbocycles. The number of pyridine rings is 3. The Kier molecular flexibility index (Phi) is 27.6. The third-order valence-corrected chi connectivity index (χ3v) is 19.1. The fraction of sp³-hybridized carbons (Fsp3) is 0.179. The van der Waals surface area contributed by atoms with E-state index in [1.807, 2.05) is 18.2 Å². The number of hydrogen-bond acceptors (Lipinski definition) is 22. The van der Waals surface area contributed by atoms with E-state index in [1.165, 1.54) is 98.4 Å². The number of hydrogen-bond donors (Lipinski definition) is 5. The molecule has 111 heavy (non-hydrogen) atoms. The maximum atomic E-state index is 13.6. The van der Waals surface area contributed by atoms with Gasteiger partial charge in [-0.05, 0) is 136 Å². The number of azide groups is 1. The molecule has 4 atom stereocenters. The first-order valence-electron chi connectivity index (χ1n) is 33.2. The number of benzene rings is 5. The monoisotopic (exact) mass is 1600 g/mol. The highest BCUT2D eigenvalue weighted by Crippen LogP contribution is 2.41. The van der Waals surface area contributed by atoms with E-state index in [9.17, 15) is 36.7 Å². The number of allylic oxidation sites excluding steroid dienone is 4. The van der Waals surface area contributed by atoms with Crippen molar-refractivity contribution in [3.05, 3.63) is 307 Å². The zero-order valence-corrected chi connectivity index (χ0v) is 63.6. The molecule has 0 saturated heterocycles. The van der Waals surface area contributed by atoms with E-state index in [2.05, 4.69) is 77.4 Å². The van der Waals surface area contributed by atoms with Gasteiger partial charge < -0.3 is 45.5 Å². The number of halogens is 8. The summed E-state index contributed by atoms with van der Waals surface area (Å²) in [5, 5.41) is 19.8. The van der Waals surface area contributed by atoms with Gasteiger partial charge in [-0.3, -0.25) is 39.7 Å². The van der Waals surface area contributed by atoms with E-state index in [0.717, 1.165) is 32.7 Å². The van der Waals surface area contributed by atoms with Crippen molar-refractivity contribution >= 4 is 115 Å².